The van der Waals surface area contributed by atoms with Crippen molar-refractivity contribution in [2.45, 2.75) is 6.54 Å². The monoisotopic (exact) mass is 326 g/mol. The van der Waals surface area contributed by atoms with Crippen molar-refractivity contribution in [2.24, 2.45) is 5.73 Å². The Morgan fingerprint density at radius 2 is 2.00 bits per heavy atom. The molecule has 2 N–H and O–H groups in total. The fourth-order valence-corrected chi connectivity index (χ4v) is 2.99. The maximum absolute atomic E-state index is 5.58. The number of hydrogen-bond acceptors (Lipinski definition) is 5. The van der Waals surface area contributed by atoms with Crippen molar-refractivity contribution in [3.05, 3.63) is 27.0 Å². The summed E-state index contributed by atoms with van der Waals surface area (Å²) >= 11 is 5.10. The molecule has 1 aliphatic heterocycles. The number of ether oxygens (including phenoxy) is 2. The van der Waals surface area contributed by atoms with Crippen molar-refractivity contribution in [2.75, 3.05) is 13.2 Å². The van der Waals surface area contributed by atoms with Gasteiger partial charge in [-0.05, 0) is 28.1 Å². The third kappa shape index (κ3) is 2.11. The van der Waals surface area contributed by atoms with Crippen LogP contribution in [0.4, 0.5) is 0 Å². The highest BCUT2D eigenvalue weighted by molar-refractivity contribution is 9.10. The molecule has 2 heterocycles. The minimum atomic E-state index is 0.465. The number of nitrogens with two attached hydrogens (primary N) is 1. The molecular weight excluding hydrogens is 316 g/mol. The Labute approximate surface area is 117 Å². The number of halogens is 1. The van der Waals surface area contributed by atoms with Crippen LogP contribution in [-0.2, 0) is 6.54 Å². The largest absolute Gasteiger partial charge is 0.486 e. The molecule has 0 unspecified atom stereocenters. The lowest BCUT2D eigenvalue weighted by atomic mass is 10.1. The van der Waals surface area contributed by atoms with E-state index < -0.39 is 0 Å². The molecule has 0 fully saturated rings. The Morgan fingerprint density at radius 1 is 1.28 bits per heavy atom. The van der Waals surface area contributed by atoms with Crippen molar-refractivity contribution in [1.29, 1.82) is 0 Å². The van der Waals surface area contributed by atoms with E-state index in [1.54, 1.807) is 11.3 Å². The van der Waals surface area contributed by atoms with Crippen LogP contribution in [0.15, 0.2) is 22.0 Å². The normalized spacial score (nSPS) is 13.7. The summed E-state index contributed by atoms with van der Waals surface area (Å²) in [6.07, 6.45) is 0. The van der Waals surface area contributed by atoms with Crippen molar-refractivity contribution in [3.63, 3.8) is 0 Å². The molecule has 2 aromatic rings. The molecule has 4 nitrogen and oxygen atoms in total. The van der Waals surface area contributed by atoms with E-state index >= 15 is 0 Å². The second-order valence-corrected chi connectivity index (χ2v) is 5.60. The molecule has 94 valence electrons. The molecule has 0 saturated heterocycles. The number of rotatable bonds is 2. The number of thiazole rings is 1. The SMILES string of the molecule is NCc1nc(-c2cc3c(cc2Br)OCCO3)cs1. The van der Waals surface area contributed by atoms with Gasteiger partial charge in [0, 0.05) is 22.0 Å². The lowest BCUT2D eigenvalue weighted by Crippen LogP contribution is -2.15. The van der Waals surface area contributed by atoms with Crippen molar-refractivity contribution in [3.8, 4) is 22.8 Å². The first-order chi connectivity index (χ1) is 8.78. The predicted molar refractivity (Wildman–Crippen MR) is 74.1 cm³/mol. The summed E-state index contributed by atoms with van der Waals surface area (Å²) in [6, 6.07) is 3.87. The zero-order valence-electron chi connectivity index (χ0n) is 9.48. The van der Waals surface area contributed by atoms with Gasteiger partial charge in [0.1, 0.15) is 18.2 Å². The zero-order valence-corrected chi connectivity index (χ0v) is 11.9. The summed E-state index contributed by atoms with van der Waals surface area (Å²) < 4.78 is 12.1. The van der Waals surface area contributed by atoms with Gasteiger partial charge in [-0.1, -0.05) is 0 Å². The highest BCUT2D eigenvalue weighted by Crippen LogP contribution is 2.40. The van der Waals surface area contributed by atoms with Crippen LogP contribution in [0.5, 0.6) is 11.5 Å². The average Bonchev–Trinajstić information content (AvgIpc) is 2.86. The first kappa shape index (κ1) is 12.0. The summed E-state index contributed by atoms with van der Waals surface area (Å²) in [4.78, 5) is 4.48. The molecule has 18 heavy (non-hydrogen) atoms. The minimum Gasteiger partial charge on any atom is -0.486 e. The summed E-state index contributed by atoms with van der Waals surface area (Å²) in [5, 5.41) is 2.92. The maximum Gasteiger partial charge on any atom is 0.162 e. The van der Waals surface area contributed by atoms with Crippen molar-refractivity contribution < 1.29 is 9.47 Å². The first-order valence-electron chi connectivity index (χ1n) is 5.52. The van der Waals surface area contributed by atoms with E-state index in [9.17, 15) is 0 Å². The molecule has 3 rings (SSSR count). The molecule has 0 bridgehead atoms. The quantitative estimate of drug-likeness (QED) is 0.921. The summed E-state index contributed by atoms with van der Waals surface area (Å²) in [5.74, 6) is 1.54. The Kier molecular flexibility index (Phi) is 3.23. The number of aromatic nitrogens is 1. The standard InChI is InChI=1S/C12H11BrN2O2S/c13-8-4-11-10(16-1-2-17-11)3-7(8)9-6-18-12(5-14)15-9/h3-4,6H,1-2,5,14H2. The molecule has 0 saturated carbocycles. The Hall–Kier alpha value is -1.11. The van der Waals surface area contributed by atoms with E-state index in [1.807, 2.05) is 17.5 Å². The van der Waals surface area contributed by atoms with Crippen LogP contribution in [-0.4, -0.2) is 18.2 Å². The number of fused-ring (bicyclic) bond motifs is 1. The van der Waals surface area contributed by atoms with Crippen molar-refractivity contribution in [1.82, 2.24) is 4.98 Å². The maximum atomic E-state index is 5.58. The molecule has 0 atom stereocenters. The van der Waals surface area contributed by atoms with Crippen LogP contribution in [0, 0.1) is 0 Å². The van der Waals surface area contributed by atoms with E-state index in [1.165, 1.54) is 0 Å². The molecule has 0 aliphatic carbocycles. The van der Waals surface area contributed by atoms with Gasteiger partial charge in [-0.25, -0.2) is 4.98 Å². The topological polar surface area (TPSA) is 57.4 Å². The van der Waals surface area contributed by atoms with Crippen LogP contribution in [0.3, 0.4) is 0 Å². The fourth-order valence-electron chi connectivity index (χ4n) is 1.79. The van der Waals surface area contributed by atoms with Gasteiger partial charge in [-0.3, -0.25) is 0 Å². The van der Waals surface area contributed by atoms with Gasteiger partial charge in [-0.2, -0.15) is 0 Å². The molecule has 6 heteroatoms. The third-order valence-corrected chi connectivity index (χ3v) is 4.16. The van der Waals surface area contributed by atoms with Crippen LogP contribution >= 0.6 is 27.3 Å². The zero-order chi connectivity index (χ0) is 12.5. The third-order valence-electron chi connectivity index (χ3n) is 2.63. The molecule has 0 spiro atoms. The van der Waals surface area contributed by atoms with Gasteiger partial charge < -0.3 is 15.2 Å². The van der Waals surface area contributed by atoms with E-state index in [-0.39, 0.29) is 0 Å². The van der Waals surface area contributed by atoms with E-state index in [0.29, 0.717) is 19.8 Å². The number of hydrogen-bond donors (Lipinski definition) is 1. The molecular formula is C12H11BrN2O2S. The summed E-state index contributed by atoms with van der Waals surface area (Å²) in [5.41, 5.74) is 7.48. The van der Waals surface area contributed by atoms with Crippen LogP contribution in [0.25, 0.3) is 11.3 Å². The average molecular weight is 327 g/mol. The van der Waals surface area contributed by atoms with E-state index in [4.69, 9.17) is 15.2 Å². The molecule has 0 radical (unpaired) electrons. The second kappa shape index (κ2) is 4.87. The highest BCUT2D eigenvalue weighted by Gasteiger charge is 2.17. The molecule has 0 amide bonds. The Morgan fingerprint density at radius 3 is 2.67 bits per heavy atom. The van der Waals surface area contributed by atoms with Gasteiger partial charge in [-0.15, -0.1) is 11.3 Å². The lowest BCUT2D eigenvalue weighted by Gasteiger charge is -2.19. The molecule has 1 aliphatic rings. The van der Waals surface area contributed by atoms with Gasteiger partial charge >= 0.3 is 0 Å². The second-order valence-electron chi connectivity index (χ2n) is 3.81. The smallest absolute Gasteiger partial charge is 0.162 e. The Bertz CT molecular complexity index is 585. The van der Waals surface area contributed by atoms with E-state index in [2.05, 4.69) is 20.9 Å². The van der Waals surface area contributed by atoms with Gasteiger partial charge in [0.2, 0.25) is 0 Å². The van der Waals surface area contributed by atoms with E-state index in [0.717, 1.165) is 32.2 Å². The Balaban J connectivity index is 2.06. The van der Waals surface area contributed by atoms with Gasteiger partial charge in [0.25, 0.3) is 0 Å². The molecule has 1 aromatic carbocycles. The fraction of sp³-hybridized carbons (Fsp3) is 0.250. The number of nitrogens with zero attached hydrogens (tertiary/aromatic N) is 1. The summed E-state index contributed by atoms with van der Waals surface area (Å²) in [6.45, 7) is 1.64. The van der Waals surface area contributed by atoms with Crippen LogP contribution in [0.2, 0.25) is 0 Å². The highest BCUT2D eigenvalue weighted by atomic mass is 79.9. The van der Waals surface area contributed by atoms with Crippen molar-refractivity contribution >= 4 is 27.3 Å². The first-order valence-corrected chi connectivity index (χ1v) is 7.19. The number of benzene rings is 1. The predicted octanol–water partition coefficient (Wildman–Crippen LogP) is 2.80. The van der Waals surface area contributed by atoms with Crippen LogP contribution in [0.1, 0.15) is 5.01 Å². The molecule has 1 aromatic heterocycles. The van der Waals surface area contributed by atoms with Crippen LogP contribution < -0.4 is 15.2 Å². The van der Waals surface area contributed by atoms with Gasteiger partial charge in [0.15, 0.2) is 11.5 Å². The van der Waals surface area contributed by atoms with Gasteiger partial charge in [0.05, 0.1) is 5.69 Å². The minimum absolute atomic E-state index is 0.465. The summed E-state index contributed by atoms with van der Waals surface area (Å²) in [7, 11) is 0. The lowest BCUT2D eigenvalue weighted by molar-refractivity contribution is 0.171.